The molecule has 0 saturated heterocycles. The van der Waals surface area contributed by atoms with Crippen LogP contribution >= 0.6 is 0 Å². The number of furan rings is 1. The van der Waals surface area contributed by atoms with E-state index >= 15 is 0 Å². The lowest BCUT2D eigenvalue weighted by Gasteiger charge is -2.36. The number of esters is 1. The number of hydrogen-bond donors (Lipinski definition) is 1. The normalized spacial score (nSPS) is 22.9. The maximum atomic E-state index is 13.8. The summed E-state index contributed by atoms with van der Waals surface area (Å²) in [6.45, 7) is 1.92. The predicted octanol–water partition coefficient (Wildman–Crippen LogP) is 6.28. The van der Waals surface area contributed by atoms with Crippen LogP contribution in [-0.4, -0.2) is 17.9 Å². The first-order valence-corrected chi connectivity index (χ1v) is 12.6. The second kappa shape index (κ2) is 8.88. The zero-order valence-electron chi connectivity index (χ0n) is 19.9. The molecule has 2 aromatic carbocycles. The molecule has 1 aliphatic heterocycles. The number of rotatable bonds is 4. The van der Waals surface area contributed by atoms with Crippen molar-refractivity contribution in [1.29, 1.82) is 0 Å². The third kappa shape index (κ3) is 3.89. The van der Waals surface area contributed by atoms with E-state index in [0.717, 1.165) is 59.2 Å². The summed E-state index contributed by atoms with van der Waals surface area (Å²) in [6, 6.07) is 18.1. The van der Waals surface area contributed by atoms with Gasteiger partial charge in [-0.3, -0.25) is 4.79 Å². The number of benzene rings is 2. The first kappa shape index (κ1) is 21.9. The lowest BCUT2D eigenvalue weighted by molar-refractivity contribution is -0.144. The molecule has 178 valence electrons. The first-order chi connectivity index (χ1) is 17.1. The molecule has 6 rings (SSSR count). The molecule has 0 radical (unpaired) electrons. The molecule has 3 aromatic rings. The van der Waals surface area contributed by atoms with E-state index < -0.39 is 5.92 Å². The fourth-order valence-corrected chi connectivity index (χ4v) is 6.07. The Morgan fingerprint density at radius 1 is 1.00 bits per heavy atom. The number of ketones is 1. The second-order valence-corrected chi connectivity index (χ2v) is 9.91. The summed E-state index contributed by atoms with van der Waals surface area (Å²) < 4.78 is 11.6. The highest BCUT2D eigenvalue weighted by Gasteiger charge is 2.42. The highest BCUT2D eigenvalue weighted by molar-refractivity contribution is 6.05. The minimum absolute atomic E-state index is 0.0169. The highest BCUT2D eigenvalue weighted by Crippen LogP contribution is 2.47. The standard InChI is InChI=1S/C30H29NO4/c1-18-27(30(33)35-21-10-3-4-11-21)28(23-13-6-9-19-8-2-5-12-22(19)23)29-24(31-18)16-20(17-25(29)32)26-14-7-15-34-26/h2,5-9,12-15,20-21,28,31H,3-4,10-11,16-17H2,1H3/t20-,28-/m1/s1. The number of fused-ring (bicyclic) bond motifs is 1. The minimum atomic E-state index is -0.462. The number of Topliss-reactive ketones (excluding diaryl/α,β-unsaturated/α-hetero) is 1. The first-order valence-electron chi connectivity index (χ1n) is 12.6. The fraction of sp³-hybridized carbons (Fsp3) is 0.333. The van der Waals surface area contributed by atoms with Gasteiger partial charge >= 0.3 is 5.97 Å². The molecular weight excluding hydrogens is 438 g/mol. The molecule has 1 fully saturated rings. The molecular formula is C30H29NO4. The average Bonchev–Trinajstić information content (AvgIpc) is 3.57. The molecule has 2 aliphatic carbocycles. The summed E-state index contributed by atoms with van der Waals surface area (Å²) in [5.74, 6) is 0.0820. The van der Waals surface area contributed by atoms with Crippen LogP contribution in [0.5, 0.6) is 0 Å². The summed E-state index contributed by atoms with van der Waals surface area (Å²) in [4.78, 5) is 27.4. The molecule has 1 aromatic heterocycles. The number of ether oxygens (including phenoxy) is 1. The van der Waals surface area contributed by atoms with Gasteiger partial charge in [-0.1, -0.05) is 42.5 Å². The molecule has 5 nitrogen and oxygen atoms in total. The summed E-state index contributed by atoms with van der Waals surface area (Å²) in [7, 11) is 0. The summed E-state index contributed by atoms with van der Waals surface area (Å²) in [6.07, 6.45) is 6.61. The van der Waals surface area contributed by atoms with Crippen molar-refractivity contribution in [3.05, 3.63) is 94.7 Å². The van der Waals surface area contributed by atoms with Crippen LogP contribution in [0.2, 0.25) is 0 Å². The van der Waals surface area contributed by atoms with Crippen molar-refractivity contribution in [3.8, 4) is 0 Å². The van der Waals surface area contributed by atoms with Gasteiger partial charge in [0.05, 0.1) is 11.8 Å². The molecule has 0 spiro atoms. The fourth-order valence-electron chi connectivity index (χ4n) is 6.07. The maximum absolute atomic E-state index is 13.8. The Bertz CT molecular complexity index is 1350. The Kier molecular flexibility index (Phi) is 5.56. The number of allylic oxidation sites excluding steroid dienone is 3. The SMILES string of the molecule is CC1=C(C(=O)OC2CCCC2)[C@@H](c2cccc3ccccc23)C2=C(C[C@@H](c3ccco3)CC2=O)N1. The number of dihydropyridines is 1. The second-order valence-electron chi connectivity index (χ2n) is 9.91. The summed E-state index contributed by atoms with van der Waals surface area (Å²) in [5, 5.41) is 5.58. The van der Waals surface area contributed by atoms with E-state index in [4.69, 9.17) is 9.15 Å². The highest BCUT2D eigenvalue weighted by atomic mass is 16.5. The number of nitrogens with one attached hydrogen (secondary N) is 1. The van der Waals surface area contributed by atoms with Crippen molar-refractivity contribution in [2.24, 2.45) is 0 Å². The zero-order chi connectivity index (χ0) is 23.9. The van der Waals surface area contributed by atoms with Crippen LogP contribution in [0.25, 0.3) is 10.8 Å². The molecule has 0 bridgehead atoms. The van der Waals surface area contributed by atoms with E-state index in [9.17, 15) is 9.59 Å². The van der Waals surface area contributed by atoms with Crippen molar-refractivity contribution in [2.75, 3.05) is 0 Å². The summed E-state index contributed by atoms with van der Waals surface area (Å²) in [5.41, 5.74) is 3.86. The van der Waals surface area contributed by atoms with Crippen molar-refractivity contribution in [2.45, 2.75) is 63.4 Å². The van der Waals surface area contributed by atoms with Crippen molar-refractivity contribution in [1.82, 2.24) is 5.32 Å². The van der Waals surface area contributed by atoms with Gasteiger partial charge in [0.25, 0.3) is 0 Å². The van der Waals surface area contributed by atoms with E-state index in [0.29, 0.717) is 24.0 Å². The van der Waals surface area contributed by atoms with Gasteiger partial charge in [0.1, 0.15) is 11.9 Å². The van der Waals surface area contributed by atoms with Gasteiger partial charge in [0, 0.05) is 35.2 Å². The van der Waals surface area contributed by atoms with Gasteiger partial charge in [-0.15, -0.1) is 0 Å². The van der Waals surface area contributed by atoms with E-state index in [-0.39, 0.29) is 23.8 Å². The van der Waals surface area contributed by atoms with Crippen LogP contribution in [0.15, 0.2) is 87.8 Å². The van der Waals surface area contributed by atoms with Crippen molar-refractivity contribution >= 4 is 22.5 Å². The minimum Gasteiger partial charge on any atom is -0.469 e. The molecule has 2 heterocycles. The largest absolute Gasteiger partial charge is 0.469 e. The monoisotopic (exact) mass is 467 g/mol. The molecule has 3 aliphatic rings. The predicted molar refractivity (Wildman–Crippen MR) is 134 cm³/mol. The van der Waals surface area contributed by atoms with Crippen LogP contribution in [0.3, 0.4) is 0 Å². The van der Waals surface area contributed by atoms with Gasteiger partial charge in [-0.05, 0) is 67.5 Å². The zero-order valence-corrected chi connectivity index (χ0v) is 19.9. The smallest absolute Gasteiger partial charge is 0.337 e. The molecule has 35 heavy (non-hydrogen) atoms. The van der Waals surface area contributed by atoms with Crippen molar-refractivity contribution < 1.29 is 18.7 Å². The summed E-state index contributed by atoms with van der Waals surface area (Å²) >= 11 is 0. The van der Waals surface area contributed by atoms with E-state index in [2.05, 4.69) is 23.5 Å². The Labute approximate surface area is 204 Å². The Balaban J connectivity index is 1.48. The number of hydrogen-bond acceptors (Lipinski definition) is 5. The van der Waals surface area contributed by atoms with Crippen LogP contribution in [0, 0.1) is 0 Å². The lowest BCUT2D eigenvalue weighted by atomic mass is 9.71. The van der Waals surface area contributed by atoms with Gasteiger partial charge in [0.15, 0.2) is 5.78 Å². The Hall–Kier alpha value is -3.60. The quantitative estimate of drug-likeness (QED) is 0.457. The molecule has 1 saturated carbocycles. The molecule has 5 heteroatoms. The van der Waals surface area contributed by atoms with E-state index in [1.807, 2.05) is 43.3 Å². The number of carbonyl (C=O) groups is 2. The lowest BCUT2D eigenvalue weighted by Crippen LogP contribution is -2.36. The van der Waals surface area contributed by atoms with Gasteiger partial charge in [0.2, 0.25) is 0 Å². The van der Waals surface area contributed by atoms with Gasteiger partial charge in [-0.25, -0.2) is 4.79 Å². The Morgan fingerprint density at radius 2 is 1.80 bits per heavy atom. The van der Waals surface area contributed by atoms with Gasteiger partial charge < -0.3 is 14.5 Å². The molecule has 0 unspecified atom stereocenters. The number of carbonyl (C=O) groups excluding carboxylic acids is 2. The van der Waals surface area contributed by atoms with Crippen LogP contribution in [0.1, 0.15) is 68.6 Å². The maximum Gasteiger partial charge on any atom is 0.337 e. The topological polar surface area (TPSA) is 68.5 Å². The van der Waals surface area contributed by atoms with Crippen LogP contribution in [0.4, 0.5) is 0 Å². The molecule has 0 amide bonds. The van der Waals surface area contributed by atoms with E-state index in [1.165, 1.54) is 0 Å². The van der Waals surface area contributed by atoms with E-state index in [1.54, 1.807) is 6.26 Å². The van der Waals surface area contributed by atoms with Crippen molar-refractivity contribution in [3.63, 3.8) is 0 Å². The molecule has 1 N–H and O–H groups in total. The average molecular weight is 468 g/mol. The Morgan fingerprint density at radius 3 is 2.60 bits per heavy atom. The van der Waals surface area contributed by atoms with Crippen LogP contribution < -0.4 is 5.32 Å². The third-order valence-electron chi connectivity index (χ3n) is 7.70. The van der Waals surface area contributed by atoms with Gasteiger partial charge in [-0.2, -0.15) is 0 Å². The van der Waals surface area contributed by atoms with Crippen LogP contribution in [-0.2, 0) is 14.3 Å². The third-order valence-corrected chi connectivity index (χ3v) is 7.70. The molecule has 2 atom stereocenters.